The van der Waals surface area contributed by atoms with Crippen molar-refractivity contribution < 1.29 is 31.9 Å². The van der Waals surface area contributed by atoms with Crippen LogP contribution < -0.4 is 19.1 Å². The molecule has 0 aromatic heterocycles. The number of anilines is 1. The molecule has 0 radical (unpaired) electrons. The van der Waals surface area contributed by atoms with Crippen LogP contribution in [-0.4, -0.2) is 57.0 Å². The second-order valence-corrected chi connectivity index (χ2v) is 12.2. The van der Waals surface area contributed by atoms with Crippen molar-refractivity contribution in [1.82, 2.24) is 10.2 Å². The van der Waals surface area contributed by atoms with Gasteiger partial charge in [0.1, 0.15) is 31.6 Å². The molecule has 0 spiro atoms. The monoisotopic (exact) mass is 617 g/mol. The number of ether oxygens (including phenoxy) is 2. The van der Waals surface area contributed by atoms with E-state index < -0.39 is 40.2 Å². The normalized spacial score (nSPS) is 14.0. The van der Waals surface area contributed by atoms with Crippen molar-refractivity contribution in [3.05, 3.63) is 83.1 Å². The van der Waals surface area contributed by atoms with E-state index in [0.29, 0.717) is 29.4 Å². The zero-order valence-corrected chi connectivity index (χ0v) is 25.1. The molecular weight excluding hydrogens is 585 g/mol. The molecule has 9 nitrogen and oxygen atoms in total. The Morgan fingerprint density at radius 2 is 1.67 bits per heavy atom. The van der Waals surface area contributed by atoms with E-state index in [1.54, 1.807) is 31.2 Å². The van der Waals surface area contributed by atoms with Crippen LogP contribution in [0.4, 0.5) is 10.1 Å². The molecule has 224 valence electrons. The van der Waals surface area contributed by atoms with Gasteiger partial charge in [0.15, 0.2) is 11.5 Å². The van der Waals surface area contributed by atoms with E-state index in [2.05, 4.69) is 5.32 Å². The standard InChI is InChI=1S/C30H33ClFN3O6S/c1-4-20(2)33-30(37)21(3)34(18-22-7-5-6-8-26(22)31)29(36)19-35(24-11-9-23(32)10-12-24)42(38,39)25-13-14-27-28(17-25)41-16-15-40-27/h5-14,17,20-21H,4,15-16,18-19H2,1-3H3,(H,33,37)/t20-,21-/m1/s1. The predicted molar refractivity (Wildman–Crippen MR) is 158 cm³/mol. The van der Waals surface area contributed by atoms with Gasteiger partial charge in [-0.1, -0.05) is 36.7 Å². The average Bonchev–Trinajstić information content (AvgIpc) is 2.99. The van der Waals surface area contributed by atoms with E-state index in [1.165, 1.54) is 35.2 Å². The van der Waals surface area contributed by atoms with Crippen molar-refractivity contribution in [3.63, 3.8) is 0 Å². The van der Waals surface area contributed by atoms with Crippen molar-refractivity contribution in [2.24, 2.45) is 0 Å². The fourth-order valence-corrected chi connectivity index (χ4v) is 5.93. The van der Waals surface area contributed by atoms with Gasteiger partial charge < -0.3 is 19.7 Å². The van der Waals surface area contributed by atoms with Crippen molar-refractivity contribution >= 4 is 39.1 Å². The summed E-state index contributed by atoms with van der Waals surface area (Å²) in [6.45, 7) is 5.21. The van der Waals surface area contributed by atoms with E-state index >= 15 is 0 Å². The molecule has 0 unspecified atom stereocenters. The number of amides is 2. The number of halogens is 2. The zero-order chi connectivity index (χ0) is 30.4. The smallest absolute Gasteiger partial charge is 0.264 e. The van der Waals surface area contributed by atoms with Crippen LogP contribution in [0.2, 0.25) is 5.02 Å². The van der Waals surface area contributed by atoms with Crippen LogP contribution in [0.1, 0.15) is 32.8 Å². The molecule has 1 aliphatic rings. The Labute approximate surface area is 250 Å². The Bertz CT molecular complexity index is 1540. The van der Waals surface area contributed by atoms with Crippen molar-refractivity contribution in [2.45, 2.75) is 50.7 Å². The maximum Gasteiger partial charge on any atom is 0.264 e. The van der Waals surface area contributed by atoms with Gasteiger partial charge in [0.2, 0.25) is 11.8 Å². The first-order valence-corrected chi connectivity index (χ1v) is 15.3. The number of nitrogens with zero attached hydrogens (tertiary/aromatic N) is 2. The number of rotatable bonds is 11. The third-order valence-electron chi connectivity index (χ3n) is 6.96. The molecular formula is C30H33ClFN3O6S. The summed E-state index contributed by atoms with van der Waals surface area (Å²) in [5, 5.41) is 3.27. The van der Waals surface area contributed by atoms with Gasteiger partial charge in [-0.15, -0.1) is 0 Å². The summed E-state index contributed by atoms with van der Waals surface area (Å²) in [6, 6.07) is 14.7. The maximum atomic E-state index is 14.0. The summed E-state index contributed by atoms with van der Waals surface area (Å²) >= 11 is 6.39. The molecule has 12 heteroatoms. The molecule has 0 saturated heterocycles. The fraction of sp³-hybridized carbons (Fsp3) is 0.333. The highest BCUT2D eigenvalue weighted by molar-refractivity contribution is 7.92. The Balaban J connectivity index is 1.72. The lowest BCUT2D eigenvalue weighted by atomic mass is 10.1. The van der Waals surface area contributed by atoms with Crippen molar-refractivity contribution in [2.75, 3.05) is 24.1 Å². The molecule has 0 bridgehead atoms. The summed E-state index contributed by atoms with van der Waals surface area (Å²) in [5.74, 6) is -0.975. The Hall–Kier alpha value is -3.83. The number of fused-ring (bicyclic) bond motifs is 1. The molecule has 0 fully saturated rings. The number of sulfonamides is 1. The van der Waals surface area contributed by atoms with E-state index in [9.17, 15) is 22.4 Å². The van der Waals surface area contributed by atoms with Gasteiger partial charge in [0, 0.05) is 23.7 Å². The van der Waals surface area contributed by atoms with Crippen molar-refractivity contribution in [3.8, 4) is 11.5 Å². The lowest BCUT2D eigenvalue weighted by molar-refractivity contribution is -0.139. The molecule has 1 heterocycles. The van der Waals surface area contributed by atoms with Crippen LogP contribution in [0.3, 0.4) is 0 Å². The highest BCUT2D eigenvalue weighted by Gasteiger charge is 2.33. The van der Waals surface area contributed by atoms with E-state index in [0.717, 1.165) is 16.4 Å². The first-order chi connectivity index (χ1) is 20.0. The van der Waals surface area contributed by atoms with Gasteiger partial charge in [-0.3, -0.25) is 13.9 Å². The highest BCUT2D eigenvalue weighted by Crippen LogP contribution is 2.34. The average molecular weight is 618 g/mol. The van der Waals surface area contributed by atoms with Crippen LogP contribution >= 0.6 is 11.6 Å². The third-order valence-corrected chi connectivity index (χ3v) is 9.10. The SMILES string of the molecule is CC[C@@H](C)NC(=O)[C@@H](C)N(Cc1ccccc1Cl)C(=O)CN(c1ccc(F)cc1)S(=O)(=O)c1ccc2c(c1)OCCO2. The van der Waals surface area contributed by atoms with Crippen LogP contribution in [0, 0.1) is 5.82 Å². The van der Waals surface area contributed by atoms with Gasteiger partial charge in [-0.2, -0.15) is 0 Å². The second-order valence-electron chi connectivity index (χ2n) is 9.90. The van der Waals surface area contributed by atoms with Gasteiger partial charge in [0.05, 0.1) is 10.6 Å². The molecule has 42 heavy (non-hydrogen) atoms. The lowest BCUT2D eigenvalue weighted by Gasteiger charge is -2.32. The van der Waals surface area contributed by atoms with Crippen LogP contribution in [0.25, 0.3) is 0 Å². The summed E-state index contributed by atoms with van der Waals surface area (Å²) in [7, 11) is -4.38. The van der Waals surface area contributed by atoms with E-state index in [4.69, 9.17) is 21.1 Å². The van der Waals surface area contributed by atoms with Crippen LogP contribution in [0.5, 0.6) is 11.5 Å². The number of benzene rings is 3. The zero-order valence-electron chi connectivity index (χ0n) is 23.5. The molecule has 2 amide bonds. The number of nitrogens with one attached hydrogen (secondary N) is 1. The molecule has 3 aromatic rings. The third kappa shape index (κ3) is 7.14. The minimum Gasteiger partial charge on any atom is -0.486 e. The minimum atomic E-state index is -4.38. The molecule has 1 aliphatic heterocycles. The van der Waals surface area contributed by atoms with E-state index in [1.807, 2.05) is 13.8 Å². The highest BCUT2D eigenvalue weighted by atomic mass is 35.5. The number of carbonyl (C=O) groups excluding carboxylic acids is 2. The molecule has 3 aromatic carbocycles. The first kappa shape index (κ1) is 31.1. The predicted octanol–water partition coefficient (Wildman–Crippen LogP) is 4.78. The van der Waals surface area contributed by atoms with Gasteiger partial charge in [0.25, 0.3) is 10.0 Å². The summed E-state index contributed by atoms with van der Waals surface area (Å²) in [5.41, 5.74) is 0.646. The summed E-state index contributed by atoms with van der Waals surface area (Å²) in [6.07, 6.45) is 0.684. The van der Waals surface area contributed by atoms with Gasteiger partial charge in [-0.25, -0.2) is 12.8 Å². The largest absolute Gasteiger partial charge is 0.486 e. The maximum absolute atomic E-state index is 14.0. The molecule has 1 N–H and O–H groups in total. The van der Waals surface area contributed by atoms with Gasteiger partial charge in [-0.05, 0) is 68.3 Å². The molecule has 0 saturated carbocycles. The topological polar surface area (TPSA) is 105 Å². The van der Waals surface area contributed by atoms with Crippen LogP contribution in [0.15, 0.2) is 71.6 Å². The lowest BCUT2D eigenvalue weighted by Crippen LogP contribution is -2.52. The van der Waals surface area contributed by atoms with Crippen molar-refractivity contribution in [1.29, 1.82) is 0 Å². The molecule has 4 rings (SSSR count). The minimum absolute atomic E-state index is 0.0467. The van der Waals surface area contributed by atoms with Crippen LogP contribution in [-0.2, 0) is 26.2 Å². The number of hydrogen-bond donors (Lipinski definition) is 1. The molecule has 0 aliphatic carbocycles. The summed E-state index contributed by atoms with van der Waals surface area (Å²) in [4.78, 5) is 28.3. The fourth-order valence-electron chi connectivity index (χ4n) is 4.31. The Morgan fingerprint density at radius 1 is 1.00 bits per heavy atom. The first-order valence-electron chi connectivity index (χ1n) is 13.5. The van der Waals surface area contributed by atoms with Gasteiger partial charge >= 0.3 is 0 Å². The number of hydrogen-bond acceptors (Lipinski definition) is 6. The number of carbonyl (C=O) groups is 2. The molecule has 2 atom stereocenters. The Morgan fingerprint density at radius 3 is 2.33 bits per heavy atom. The van der Waals surface area contributed by atoms with E-state index in [-0.39, 0.29) is 35.5 Å². The quantitative estimate of drug-likeness (QED) is 0.332. The second kappa shape index (κ2) is 13.4. The summed E-state index contributed by atoms with van der Waals surface area (Å²) < 4.78 is 53.8. The Kier molecular flexibility index (Phi) is 9.95.